The zero-order valence-corrected chi connectivity index (χ0v) is 19.6. The summed E-state index contributed by atoms with van der Waals surface area (Å²) in [7, 11) is 0. The van der Waals surface area contributed by atoms with Gasteiger partial charge in [0.2, 0.25) is 0 Å². The molecular formula is C24H30N4O4S. The third-order valence-corrected chi connectivity index (χ3v) is 6.93. The summed E-state index contributed by atoms with van der Waals surface area (Å²) in [5.74, 6) is -0.846. The molecule has 2 aliphatic heterocycles. The van der Waals surface area contributed by atoms with Crippen LogP contribution in [0.1, 0.15) is 36.6 Å². The van der Waals surface area contributed by atoms with Crippen LogP contribution < -0.4 is 10.7 Å². The molecule has 2 aromatic rings. The largest absolute Gasteiger partial charge is 0.377 e. The maximum Gasteiger partial charge on any atom is 0.344 e. The van der Waals surface area contributed by atoms with Crippen molar-refractivity contribution in [1.82, 2.24) is 20.7 Å². The summed E-state index contributed by atoms with van der Waals surface area (Å²) in [6, 6.07) is 13.2. The van der Waals surface area contributed by atoms with Crippen molar-refractivity contribution in [2.24, 2.45) is 0 Å². The van der Waals surface area contributed by atoms with Gasteiger partial charge in [0.05, 0.1) is 12.6 Å². The van der Waals surface area contributed by atoms with E-state index in [9.17, 15) is 14.4 Å². The van der Waals surface area contributed by atoms with Crippen LogP contribution in [0, 0.1) is 0 Å². The number of carbonyl (C=O) groups is 3. The molecule has 2 aliphatic rings. The van der Waals surface area contributed by atoms with E-state index in [4.69, 9.17) is 4.74 Å². The molecule has 2 N–H and O–H groups in total. The Hall–Kier alpha value is -2.75. The molecule has 2 atom stereocenters. The van der Waals surface area contributed by atoms with Crippen LogP contribution in [0.4, 0.5) is 4.79 Å². The average Bonchev–Trinajstić information content (AvgIpc) is 3.54. The number of hydrazine groups is 1. The predicted molar refractivity (Wildman–Crippen MR) is 125 cm³/mol. The van der Waals surface area contributed by atoms with E-state index in [1.165, 1.54) is 0 Å². The Balaban J connectivity index is 1.35. The van der Waals surface area contributed by atoms with Gasteiger partial charge < -0.3 is 10.1 Å². The SMILES string of the molecule is CC1(CCc2ccccc2)NC(=O)N(NC(=O)CN(Cc2cccs2)CC2CCCO2)C1=O. The second-order valence-electron chi connectivity index (χ2n) is 8.81. The number of imide groups is 1. The molecule has 8 nitrogen and oxygen atoms in total. The molecule has 0 saturated carbocycles. The average molecular weight is 471 g/mol. The lowest BCUT2D eigenvalue weighted by Gasteiger charge is -2.25. The number of urea groups is 1. The number of hydrogen-bond acceptors (Lipinski definition) is 6. The normalized spacial score (nSPS) is 22.7. The third kappa shape index (κ3) is 5.98. The zero-order valence-electron chi connectivity index (χ0n) is 18.8. The summed E-state index contributed by atoms with van der Waals surface area (Å²) < 4.78 is 5.74. The Bertz CT molecular complexity index is 962. The van der Waals surface area contributed by atoms with Crippen LogP contribution in [0.2, 0.25) is 0 Å². The van der Waals surface area contributed by atoms with Crippen LogP contribution in [0.5, 0.6) is 0 Å². The Labute approximate surface area is 197 Å². The quantitative estimate of drug-likeness (QED) is 0.521. The molecule has 9 heteroatoms. The minimum Gasteiger partial charge on any atom is -0.377 e. The number of nitrogens with one attached hydrogen (secondary N) is 2. The van der Waals surface area contributed by atoms with Crippen molar-refractivity contribution in [1.29, 1.82) is 0 Å². The number of hydrogen-bond donors (Lipinski definition) is 2. The van der Waals surface area contributed by atoms with Gasteiger partial charge in [0.15, 0.2) is 0 Å². The smallest absolute Gasteiger partial charge is 0.344 e. The van der Waals surface area contributed by atoms with Gasteiger partial charge in [-0.1, -0.05) is 36.4 Å². The van der Waals surface area contributed by atoms with Crippen molar-refractivity contribution >= 4 is 29.2 Å². The van der Waals surface area contributed by atoms with Gasteiger partial charge in [-0.15, -0.1) is 11.3 Å². The van der Waals surface area contributed by atoms with Gasteiger partial charge in [0.25, 0.3) is 11.8 Å². The number of rotatable bonds is 10. The molecule has 1 aromatic carbocycles. The fraction of sp³-hybridized carbons (Fsp3) is 0.458. The molecule has 33 heavy (non-hydrogen) atoms. The van der Waals surface area contributed by atoms with Gasteiger partial charge in [-0.2, -0.15) is 5.01 Å². The second-order valence-corrected chi connectivity index (χ2v) is 9.84. The van der Waals surface area contributed by atoms with E-state index in [2.05, 4.69) is 10.7 Å². The molecule has 0 bridgehead atoms. The molecule has 2 unspecified atom stereocenters. The highest BCUT2D eigenvalue weighted by Crippen LogP contribution is 2.22. The van der Waals surface area contributed by atoms with Gasteiger partial charge >= 0.3 is 6.03 Å². The van der Waals surface area contributed by atoms with E-state index in [1.807, 2.05) is 52.7 Å². The van der Waals surface area contributed by atoms with Crippen LogP contribution in [-0.4, -0.2) is 59.1 Å². The van der Waals surface area contributed by atoms with E-state index in [-0.39, 0.29) is 12.6 Å². The standard InChI is InChI=1S/C24H30N4O4S/c1-24(12-11-18-7-3-2-4-8-18)22(30)28(23(31)25-24)26-21(29)17-27(15-19-9-5-13-32-19)16-20-10-6-14-33-20/h2-4,6-8,10,14,19H,5,9,11-13,15-17H2,1H3,(H,25,31)(H,26,29). The Morgan fingerprint density at radius 1 is 1.27 bits per heavy atom. The van der Waals surface area contributed by atoms with E-state index >= 15 is 0 Å². The van der Waals surface area contributed by atoms with Crippen LogP contribution >= 0.6 is 11.3 Å². The first kappa shape index (κ1) is 23.4. The number of thiophene rings is 1. The van der Waals surface area contributed by atoms with E-state index in [0.717, 1.165) is 34.9 Å². The molecule has 0 aliphatic carbocycles. The number of ether oxygens (including phenoxy) is 1. The van der Waals surface area contributed by atoms with E-state index in [1.54, 1.807) is 18.3 Å². The van der Waals surface area contributed by atoms with Crippen LogP contribution in [-0.2, 0) is 27.3 Å². The fourth-order valence-electron chi connectivity index (χ4n) is 4.24. The Morgan fingerprint density at radius 3 is 2.79 bits per heavy atom. The fourth-order valence-corrected chi connectivity index (χ4v) is 4.99. The van der Waals surface area contributed by atoms with Crippen molar-refractivity contribution in [3.8, 4) is 0 Å². The maximum atomic E-state index is 13.0. The van der Waals surface area contributed by atoms with Gasteiger partial charge in [-0.25, -0.2) is 4.79 Å². The number of amides is 4. The highest BCUT2D eigenvalue weighted by molar-refractivity contribution is 7.09. The minimum atomic E-state index is -1.06. The summed E-state index contributed by atoms with van der Waals surface area (Å²) in [6.07, 6.45) is 3.16. The van der Waals surface area contributed by atoms with E-state index < -0.39 is 23.4 Å². The van der Waals surface area contributed by atoms with Crippen molar-refractivity contribution in [2.75, 3.05) is 19.7 Å². The van der Waals surface area contributed by atoms with Gasteiger partial charge in [0.1, 0.15) is 5.54 Å². The lowest BCUT2D eigenvalue weighted by atomic mass is 9.93. The maximum absolute atomic E-state index is 13.0. The number of benzene rings is 1. The molecule has 3 heterocycles. The highest BCUT2D eigenvalue weighted by atomic mass is 32.1. The van der Waals surface area contributed by atoms with Crippen molar-refractivity contribution in [3.05, 3.63) is 58.3 Å². The predicted octanol–water partition coefficient (Wildman–Crippen LogP) is 2.70. The highest BCUT2D eigenvalue weighted by Gasteiger charge is 2.48. The van der Waals surface area contributed by atoms with Crippen LogP contribution in [0.25, 0.3) is 0 Å². The van der Waals surface area contributed by atoms with E-state index in [0.29, 0.717) is 25.9 Å². The topological polar surface area (TPSA) is 91.0 Å². The molecule has 1 aromatic heterocycles. The van der Waals surface area contributed by atoms with Crippen LogP contribution in [0.15, 0.2) is 47.8 Å². The monoisotopic (exact) mass is 470 g/mol. The second kappa shape index (κ2) is 10.5. The third-order valence-electron chi connectivity index (χ3n) is 6.07. The Morgan fingerprint density at radius 2 is 2.09 bits per heavy atom. The lowest BCUT2D eigenvalue weighted by molar-refractivity contribution is -0.139. The minimum absolute atomic E-state index is 0.0650. The molecule has 4 rings (SSSR count). The summed E-state index contributed by atoms with van der Waals surface area (Å²) in [4.78, 5) is 41.5. The summed E-state index contributed by atoms with van der Waals surface area (Å²) in [6.45, 7) is 3.74. The number of aryl methyl sites for hydroxylation is 1. The van der Waals surface area contributed by atoms with Gasteiger partial charge in [0, 0.05) is 24.6 Å². The first-order valence-electron chi connectivity index (χ1n) is 11.3. The number of nitrogens with zero attached hydrogens (tertiary/aromatic N) is 2. The molecule has 2 saturated heterocycles. The summed E-state index contributed by atoms with van der Waals surface area (Å²) in [5.41, 5.74) is 2.54. The first-order valence-corrected chi connectivity index (χ1v) is 12.2. The summed E-state index contributed by atoms with van der Waals surface area (Å²) in [5, 5.41) is 5.57. The molecular weight excluding hydrogens is 440 g/mol. The lowest BCUT2D eigenvalue weighted by Crippen LogP contribution is -2.51. The molecule has 2 fully saturated rings. The zero-order chi connectivity index (χ0) is 23.3. The Kier molecular flexibility index (Phi) is 7.42. The number of carbonyl (C=O) groups excluding carboxylic acids is 3. The molecule has 0 spiro atoms. The molecule has 176 valence electrons. The van der Waals surface area contributed by atoms with Crippen molar-refractivity contribution < 1.29 is 19.1 Å². The summed E-state index contributed by atoms with van der Waals surface area (Å²) >= 11 is 1.63. The van der Waals surface area contributed by atoms with Gasteiger partial charge in [-0.3, -0.25) is 19.9 Å². The molecule has 0 radical (unpaired) electrons. The van der Waals surface area contributed by atoms with Gasteiger partial charge in [-0.05, 0) is 49.6 Å². The first-order chi connectivity index (χ1) is 15.9. The molecule has 4 amide bonds. The van der Waals surface area contributed by atoms with Crippen molar-refractivity contribution in [2.45, 2.75) is 50.8 Å². The van der Waals surface area contributed by atoms with Crippen molar-refractivity contribution in [3.63, 3.8) is 0 Å². The van der Waals surface area contributed by atoms with Crippen LogP contribution in [0.3, 0.4) is 0 Å².